The summed E-state index contributed by atoms with van der Waals surface area (Å²) >= 11 is 6.01. The molecule has 2 N–H and O–H groups in total. The maximum atomic E-state index is 9.55. The van der Waals surface area contributed by atoms with Crippen LogP contribution in [0.4, 0.5) is 0 Å². The fraction of sp³-hybridized carbons (Fsp3) is 0.294. The van der Waals surface area contributed by atoms with Crippen molar-refractivity contribution in [1.82, 2.24) is 5.32 Å². The minimum Gasteiger partial charge on any atom is -0.395 e. The summed E-state index contributed by atoms with van der Waals surface area (Å²) in [4.78, 5) is 0. The lowest BCUT2D eigenvalue weighted by Gasteiger charge is -2.22. The molecule has 3 heteroatoms. The van der Waals surface area contributed by atoms with Crippen molar-refractivity contribution in [2.24, 2.45) is 0 Å². The lowest BCUT2D eigenvalue weighted by molar-refractivity contribution is 0.232. The van der Waals surface area contributed by atoms with Crippen LogP contribution in [0.3, 0.4) is 0 Å². The molecule has 0 radical (unpaired) electrons. The van der Waals surface area contributed by atoms with Crippen LogP contribution in [0.5, 0.6) is 0 Å². The topological polar surface area (TPSA) is 32.3 Å². The molecular weight excluding hydrogens is 270 g/mol. The van der Waals surface area contributed by atoms with Crippen molar-refractivity contribution in [3.05, 3.63) is 70.7 Å². The van der Waals surface area contributed by atoms with E-state index < -0.39 is 0 Å². The van der Waals surface area contributed by atoms with Gasteiger partial charge in [0.05, 0.1) is 6.61 Å². The van der Waals surface area contributed by atoms with Gasteiger partial charge in [0.1, 0.15) is 0 Å². The highest BCUT2D eigenvalue weighted by molar-refractivity contribution is 6.30. The molecule has 106 valence electrons. The Bertz CT molecular complexity index is 530. The van der Waals surface area contributed by atoms with Crippen LogP contribution in [0.25, 0.3) is 0 Å². The van der Waals surface area contributed by atoms with Gasteiger partial charge in [0.25, 0.3) is 0 Å². The third-order valence-corrected chi connectivity index (χ3v) is 3.61. The second kappa shape index (κ2) is 7.44. The van der Waals surface area contributed by atoms with Gasteiger partial charge in [0.15, 0.2) is 0 Å². The zero-order chi connectivity index (χ0) is 14.4. The predicted molar refractivity (Wildman–Crippen MR) is 84.0 cm³/mol. The molecular formula is C17H20ClNO. The Morgan fingerprint density at radius 2 is 1.85 bits per heavy atom. The monoisotopic (exact) mass is 289 g/mol. The Morgan fingerprint density at radius 1 is 1.10 bits per heavy atom. The van der Waals surface area contributed by atoms with E-state index in [4.69, 9.17) is 11.6 Å². The highest BCUT2D eigenvalue weighted by Gasteiger charge is 2.13. The SMILES string of the molecule is CC(N[C@H](CO)Cc1ccccc1)c1cccc(Cl)c1. The zero-order valence-electron chi connectivity index (χ0n) is 11.6. The molecule has 2 rings (SSSR count). The lowest BCUT2D eigenvalue weighted by atomic mass is 10.0. The summed E-state index contributed by atoms with van der Waals surface area (Å²) in [5.41, 5.74) is 2.35. The molecule has 0 saturated carbocycles. The Morgan fingerprint density at radius 3 is 2.50 bits per heavy atom. The van der Waals surface area contributed by atoms with Gasteiger partial charge < -0.3 is 10.4 Å². The Balaban J connectivity index is 1.99. The summed E-state index contributed by atoms with van der Waals surface area (Å²) in [5, 5.41) is 13.7. The van der Waals surface area contributed by atoms with Crippen LogP contribution in [-0.2, 0) is 6.42 Å². The number of aliphatic hydroxyl groups is 1. The molecule has 2 aromatic rings. The van der Waals surface area contributed by atoms with E-state index in [2.05, 4.69) is 24.4 Å². The van der Waals surface area contributed by atoms with Crippen LogP contribution in [0.2, 0.25) is 5.02 Å². The first-order valence-electron chi connectivity index (χ1n) is 6.85. The number of hydrogen-bond donors (Lipinski definition) is 2. The minimum atomic E-state index is 0.0337. The summed E-state index contributed by atoms with van der Waals surface area (Å²) in [6, 6.07) is 18.2. The number of aliphatic hydroxyl groups excluding tert-OH is 1. The first kappa shape index (κ1) is 15.0. The van der Waals surface area contributed by atoms with Crippen molar-refractivity contribution < 1.29 is 5.11 Å². The van der Waals surface area contributed by atoms with Crippen molar-refractivity contribution >= 4 is 11.6 Å². The van der Waals surface area contributed by atoms with Crippen LogP contribution in [0.15, 0.2) is 54.6 Å². The molecule has 2 aromatic carbocycles. The smallest absolute Gasteiger partial charge is 0.0588 e. The molecule has 0 bridgehead atoms. The van der Waals surface area contributed by atoms with Gasteiger partial charge >= 0.3 is 0 Å². The Labute approximate surface area is 125 Å². The summed E-state index contributed by atoms with van der Waals surface area (Å²) in [5.74, 6) is 0. The van der Waals surface area contributed by atoms with E-state index in [1.165, 1.54) is 5.56 Å². The maximum Gasteiger partial charge on any atom is 0.0588 e. The van der Waals surface area contributed by atoms with Crippen molar-refractivity contribution in [2.45, 2.75) is 25.4 Å². The highest BCUT2D eigenvalue weighted by Crippen LogP contribution is 2.18. The second-order valence-corrected chi connectivity index (χ2v) is 5.45. The van der Waals surface area contributed by atoms with Gasteiger partial charge in [0, 0.05) is 17.1 Å². The van der Waals surface area contributed by atoms with Crippen molar-refractivity contribution in [2.75, 3.05) is 6.61 Å². The average Bonchev–Trinajstić information content (AvgIpc) is 2.47. The Hall–Kier alpha value is -1.35. The van der Waals surface area contributed by atoms with Gasteiger partial charge in [-0.05, 0) is 36.6 Å². The number of hydrogen-bond acceptors (Lipinski definition) is 2. The van der Waals surface area contributed by atoms with Gasteiger partial charge in [-0.2, -0.15) is 0 Å². The number of halogens is 1. The fourth-order valence-corrected chi connectivity index (χ4v) is 2.50. The standard InChI is InChI=1S/C17H20ClNO/c1-13(15-8-5-9-16(18)11-15)19-17(12-20)10-14-6-3-2-4-7-14/h2-9,11,13,17,19-20H,10,12H2,1H3/t13?,17-/m0/s1. The van der Waals surface area contributed by atoms with Crippen LogP contribution >= 0.6 is 11.6 Å². The molecule has 0 aliphatic carbocycles. The van der Waals surface area contributed by atoms with Crippen LogP contribution in [0.1, 0.15) is 24.1 Å². The number of benzene rings is 2. The van der Waals surface area contributed by atoms with E-state index in [0.29, 0.717) is 0 Å². The molecule has 0 heterocycles. The molecule has 20 heavy (non-hydrogen) atoms. The molecule has 2 nitrogen and oxygen atoms in total. The quantitative estimate of drug-likeness (QED) is 0.852. The molecule has 0 saturated heterocycles. The van der Waals surface area contributed by atoms with Gasteiger partial charge in [-0.15, -0.1) is 0 Å². The van der Waals surface area contributed by atoms with Crippen LogP contribution in [0, 0.1) is 0 Å². The third kappa shape index (κ3) is 4.34. The highest BCUT2D eigenvalue weighted by atomic mass is 35.5. The van der Waals surface area contributed by atoms with Crippen molar-refractivity contribution in [1.29, 1.82) is 0 Å². The number of rotatable bonds is 6. The number of nitrogens with one attached hydrogen (secondary N) is 1. The molecule has 0 spiro atoms. The third-order valence-electron chi connectivity index (χ3n) is 3.38. The first-order valence-corrected chi connectivity index (χ1v) is 7.23. The lowest BCUT2D eigenvalue weighted by Crippen LogP contribution is -2.36. The molecule has 0 aromatic heterocycles. The van der Waals surface area contributed by atoms with E-state index in [1.807, 2.05) is 42.5 Å². The van der Waals surface area contributed by atoms with Gasteiger partial charge in [0.2, 0.25) is 0 Å². The van der Waals surface area contributed by atoms with E-state index in [-0.39, 0.29) is 18.7 Å². The predicted octanol–water partition coefficient (Wildman–Crippen LogP) is 3.59. The van der Waals surface area contributed by atoms with Crippen LogP contribution in [-0.4, -0.2) is 17.8 Å². The van der Waals surface area contributed by atoms with Crippen molar-refractivity contribution in [3.63, 3.8) is 0 Å². The molecule has 0 aliphatic heterocycles. The normalized spacial score (nSPS) is 13.9. The zero-order valence-corrected chi connectivity index (χ0v) is 12.3. The van der Waals surface area contributed by atoms with E-state index in [1.54, 1.807) is 0 Å². The minimum absolute atomic E-state index is 0.0337. The molecule has 1 unspecified atom stereocenters. The van der Waals surface area contributed by atoms with Gasteiger partial charge in [-0.25, -0.2) is 0 Å². The summed E-state index contributed by atoms with van der Waals surface area (Å²) in [6.07, 6.45) is 0.808. The summed E-state index contributed by atoms with van der Waals surface area (Å²) in [7, 11) is 0. The molecule has 2 atom stereocenters. The largest absolute Gasteiger partial charge is 0.395 e. The average molecular weight is 290 g/mol. The summed E-state index contributed by atoms with van der Waals surface area (Å²) in [6.45, 7) is 2.19. The fourth-order valence-electron chi connectivity index (χ4n) is 2.30. The van der Waals surface area contributed by atoms with E-state index >= 15 is 0 Å². The van der Waals surface area contributed by atoms with Gasteiger partial charge in [-0.1, -0.05) is 54.1 Å². The summed E-state index contributed by atoms with van der Waals surface area (Å²) < 4.78 is 0. The van der Waals surface area contributed by atoms with E-state index in [0.717, 1.165) is 17.0 Å². The van der Waals surface area contributed by atoms with Crippen molar-refractivity contribution in [3.8, 4) is 0 Å². The van der Waals surface area contributed by atoms with Crippen LogP contribution < -0.4 is 5.32 Å². The molecule has 0 aliphatic rings. The van der Waals surface area contributed by atoms with Gasteiger partial charge in [-0.3, -0.25) is 0 Å². The molecule has 0 fully saturated rings. The first-order chi connectivity index (χ1) is 9.69. The maximum absolute atomic E-state index is 9.55. The second-order valence-electron chi connectivity index (χ2n) is 5.01. The Kier molecular flexibility index (Phi) is 5.60. The van der Waals surface area contributed by atoms with E-state index in [9.17, 15) is 5.11 Å². The molecule has 0 amide bonds.